The van der Waals surface area contributed by atoms with Crippen LogP contribution in [-0.2, 0) is 12.7 Å². The summed E-state index contributed by atoms with van der Waals surface area (Å²) in [7, 11) is 1.74. The van der Waals surface area contributed by atoms with Crippen molar-refractivity contribution in [2.45, 2.75) is 78.8 Å². The highest BCUT2D eigenvalue weighted by Gasteiger charge is 2.36. The SMILES string of the molecule is CC.CCC[C@H](Nc1ncc(C(F)(F)F)c(-c2cn(-c3ccc(CNC)cc3F)c(C)n2)n1)[C@H](F)CC.[HH].[HH]. The second-order valence-corrected chi connectivity index (χ2v) is 8.28. The molecular formula is C26H39F5N6. The van der Waals surface area contributed by atoms with Crippen LogP contribution >= 0.6 is 0 Å². The van der Waals surface area contributed by atoms with Crippen molar-refractivity contribution in [1.82, 2.24) is 24.8 Å². The van der Waals surface area contributed by atoms with E-state index < -0.39 is 35.5 Å². The Balaban J connectivity index is 0.00000353. The first-order chi connectivity index (χ1) is 17.6. The Morgan fingerprint density at radius 2 is 1.84 bits per heavy atom. The highest BCUT2D eigenvalue weighted by atomic mass is 19.4. The third-order valence-corrected chi connectivity index (χ3v) is 5.61. The number of alkyl halides is 4. The van der Waals surface area contributed by atoms with Crippen molar-refractivity contribution in [3.8, 4) is 17.1 Å². The molecule has 2 N–H and O–H groups in total. The van der Waals surface area contributed by atoms with E-state index in [9.17, 15) is 22.0 Å². The molecule has 0 spiro atoms. The molecule has 0 aliphatic rings. The first-order valence-electron chi connectivity index (χ1n) is 12.4. The lowest BCUT2D eigenvalue weighted by molar-refractivity contribution is -0.137. The average Bonchev–Trinajstić information content (AvgIpc) is 3.25. The largest absolute Gasteiger partial charge is 0.420 e. The van der Waals surface area contributed by atoms with Crippen molar-refractivity contribution in [1.29, 1.82) is 0 Å². The lowest BCUT2D eigenvalue weighted by atomic mass is 10.1. The van der Waals surface area contributed by atoms with Crippen LogP contribution in [0.2, 0.25) is 0 Å². The smallest absolute Gasteiger partial charge is 0.349 e. The van der Waals surface area contributed by atoms with Gasteiger partial charge in [-0.3, -0.25) is 0 Å². The number of halogens is 5. The number of nitrogens with zero attached hydrogens (tertiary/aromatic N) is 4. The van der Waals surface area contributed by atoms with Gasteiger partial charge in [0, 0.05) is 21.8 Å². The summed E-state index contributed by atoms with van der Waals surface area (Å²) in [4.78, 5) is 12.1. The van der Waals surface area contributed by atoms with Crippen LogP contribution in [0.3, 0.4) is 0 Å². The van der Waals surface area contributed by atoms with Crippen LogP contribution in [0.5, 0.6) is 0 Å². The molecule has 2 heterocycles. The van der Waals surface area contributed by atoms with Gasteiger partial charge in [-0.25, -0.2) is 23.7 Å². The van der Waals surface area contributed by atoms with E-state index in [0.29, 0.717) is 25.6 Å². The van der Waals surface area contributed by atoms with Crippen LogP contribution in [0, 0.1) is 12.7 Å². The number of nitrogens with one attached hydrogen (secondary N) is 2. The van der Waals surface area contributed by atoms with Crippen LogP contribution in [0.15, 0.2) is 30.6 Å². The summed E-state index contributed by atoms with van der Waals surface area (Å²) in [6, 6.07) is 3.98. The predicted octanol–water partition coefficient (Wildman–Crippen LogP) is 7.36. The molecule has 0 amide bonds. The Labute approximate surface area is 217 Å². The van der Waals surface area contributed by atoms with Gasteiger partial charge in [0.25, 0.3) is 0 Å². The zero-order valence-corrected chi connectivity index (χ0v) is 22.0. The summed E-state index contributed by atoms with van der Waals surface area (Å²) < 4.78 is 71.9. The first-order valence-corrected chi connectivity index (χ1v) is 12.4. The van der Waals surface area contributed by atoms with Gasteiger partial charge >= 0.3 is 6.18 Å². The van der Waals surface area contributed by atoms with Crippen LogP contribution in [0.1, 0.15) is 66.8 Å². The fourth-order valence-corrected chi connectivity index (χ4v) is 3.85. The van der Waals surface area contributed by atoms with E-state index in [-0.39, 0.29) is 32.4 Å². The van der Waals surface area contributed by atoms with Gasteiger partial charge in [-0.1, -0.05) is 40.2 Å². The molecule has 0 aliphatic carbocycles. The summed E-state index contributed by atoms with van der Waals surface area (Å²) in [5.74, 6) is -0.389. The molecule has 208 valence electrons. The van der Waals surface area contributed by atoms with E-state index in [2.05, 4.69) is 25.6 Å². The maximum atomic E-state index is 14.8. The molecule has 3 rings (SSSR count). The summed E-state index contributed by atoms with van der Waals surface area (Å²) in [6.45, 7) is 9.60. The molecule has 2 atom stereocenters. The molecule has 0 unspecified atom stereocenters. The van der Waals surface area contributed by atoms with Gasteiger partial charge in [0.15, 0.2) is 0 Å². The number of benzene rings is 1. The van der Waals surface area contributed by atoms with Gasteiger partial charge in [0.05, 0.1) is 11.7 Å². The van der Waals surface area contributed by atoms with E-state index >= 15 is 0 Å². The average molecular weight is 531 g/mol. The third kappa shape index (κ3) is 7.47. The van der Waals surface area contributed by atoms with Crippen molar-refractivity contribution < 1.29 is 24.8 Å². The Kier molecular flexibility index (Phi) is 11.0. The van der Waals surface area contributed by atoms with Gasteiger partial charge in [-0.05, 0) is 44.5 Å². The lowest BCUT2D eigenvalue weighted by Gasteiger charge is -2.21. The molecule has 0 aliphatic heterocycles. The fourth-order valence-electron chi connectivity index (χ4n) is 3.85. The number of hydrogen-bond donors (Lipinski definition) is 2. The van der Waals surface area contributed by atoms with E-state index in [1.165, 1.54) is 16.8 Å². The van der Waals surface area contributed by atoms with Crippen LogP contribution < -0.4 is 10.6 Å². The van der Waals surface area contributed by atoms with Crippen molar-refractivity contribution in [3.63, 3.8) is 0 Å². The highest BCUT2D eigenvalue weighted by molar-refractivity contribution is 5.61. The summed E-state index contributed by atoms with van der Waals surface area (Å²) in [5.41, 5.74) is -0.785. The molecule has 1 aromatic carbocycles. The van der Waals surface area contributed by atoms with Gasteiger partial charge in [-0.2, -0.15) is 13.2 Å². The van der Waals surface area contributed by atoms with Crippen molar-refractivity contribution in [2.24, 2.45) is 0 Å². The van der Waals surface area contributed by atoms with Crippen molar-refractivity contribution in [2.75, 3.05) is 12.4 Å². The first kappa shape index (κ1) is 30.1. The molecule has 0 saturated carbocycles. The standard InChI is InChI=1S/C24H29F5N6.C2H6.2H2/c1-5-7-19(17(25)6-2)33-23-31-12-16(24(27,28)29)22(34-23)20-13-35(14(3)32-20)21-9-8-15(11-30-4)10-18(21)26;1-2;;/h8-10,12-13,17,19,30H,5-7,11H2,1-4H3,(H,31,33,34);1-2H3;2*1H/t17-,19+;;;/m1.../s1. The van der Waals surface area contributed by atoms with E-state index in [4.69, 9.17) is 0 Å². The van der Waals surface area contributed by atoms with Crippen LogP contribution in [-0.4, -0.2) is 38.8 Å². The Morgan fingerprint density at radius 1 is 1.14 bits per heavy atom. The molecule has 0 fully saturated rings. The van der Waals surface area contributed by atoms with E-state index in [0.717, 1.165) is 5.56 Å². The monoisotopic (exact) mass is 530 g/mol. The second kappa shape index (κ2) is 13.5. The summed E-state index contributed by atoms with van der Waals surface area (Å²) in [5, 5.41) is 5.76. The molecule has 11 heteroatoms. The Bertz CT molecular complexity index is 1160. The Morgan fingerprint density at radius 3 is 2.41 bits per heavy atom. The molecule has 0 radical (unpaired) electrons. The quantitative estimate of drug-likeness (QED) is 0.268. The minimum absolute atomic E-state index is 0. The van der Waals surface area contributed by atoms with Crippen LogP contribution in [0.25, 0.3) is 17.1 Å². The minimum Gasteiger partial charge on any atom is -0.349 e. The summed E-state index contributed by atoms with van der Waals surface area (Å²) in [6.07, 6.45) is -2.61. The number of hydrogen-bond acceptors (Lipinski definition) is 5. The molecular weight excluding hydrogens is 491 g/mol. The topological polar surface area (TPSA) is 67.7 Å². The zero-order chi connectivity index (χ0) is 27.8. The van der Waals surface area contributed by atoms with Gasteiger partial charge < -0.3 is 15.2 Å². The minimum atomic E-state index is -4.75. The van der Waals surface area contributed by atoms with Crippen molar-refractivity contribution >= 4 is 5.95 Å². The predicted molar refractivity (Wildman–Crippen MR) is 140 cm³/mol. The number of rotatable bonds is 10. The maximum Gasteiger partial charge on any atom is 0.420 e. The molecule has 2 aromatic heterocycles. The van der Waals surface area contributed by atoms with Gasteiger partial charge in [0.1, 0.15) is 34.8 Å². The molecule has 3 aromatic rings. The number of anilines is 1. The molecule has 6 nitrogen and oxygen atoms in total. The normalized spacial score (nSPS) is 13.1. The maximum absolute atomic E-state index is 14.8. The zero-order valence-electron chi connectivity index (χ0n) is 22.0. The van der Waals surface area contributed by atoms with E-state index in [1.807, 2.05) is 20.8 Å². The summed E-state index contributed by atoms with van der Waals surface area (Å²) >= 11 is 0. The second-order valence-electron chi connectivity index (χ2n) is 8.28. The fraction of sp³-hybridized carbons (Fsp3) is 0.500. The van der Waals surface area contributed by atoms with Gasteiger partial charge in [0.2, 0.25) is 5.95 Å². The molecule has 37 heavy (non-hydrogen) atoms. The van der Waals surface area contributed by atoms with E-state index in [1.54, 1.807) is 33.0 Å². The highest BCUT2D eigenvalue weighted by Crippen LogP contribution is 2.36. The number of imidazole rings is 1. The van der Waals surface area contributed by atoms with Gasteiger partial charge in [-0.15, -0.1) is 0 Å². The Hall–Kier alpha value is -3.08. The lowest BCUT2D eigenvalue weighted by Crippen LogP contribution is -2.31. The third-order valence-electron chi connectivity index (χ3n) is 5.61. The molecule has 0 bridgehead atoms. The van der Waals surface area contributed by atoms with Crippen molar-refractivity contribution in [3.05, 3.63) is 53.4 Å². The number of aromatic nitrogens is 4. The number of aryl methyl sites for hydroxylation is 1. The van der Waals surface area contributed by atoms with Crippen LogP contribution in [0.4, 0.5) is 27.9 Å². The molecule has 0 saturated heterocycles.